The van der Waals surface area contributed by atoms with Crippen LogP contribution in [0.15, 0.2) is 6.07 Å². The number of carboxylic acids is 1. The maximum absolute atomic E-state index is 10.8. The number of aromatic nitrogens is 2. The molecule has 4 heteroatoms. The van der Waals surface area contributed by atoms with Crippen molar-refractivity contribution in [1.29, 1.82) is 0 Å². The van der Waals surface area contributed by atoms with E-state index in [1.54, 1.807) is 13.1 Å². The van der Waals surface area contributed by atoms with Crippen LogP contribution < -0.4 is 0 Å². The number of carboxylic acid groups (broad SMARTS) is 1. The Morgan fingerprint density at radius 1 is 1.56 bits per heavy atom. The zero-order valence-corrected chi connectivity index (χ0v) is 9.65. The van der Waals surface area contributed by atoms with Crippen molar-refractivity contribution in [2.24, 2.45) is 13.0 Å². The summed E-state index contributed by atoms with van der Waals surface area (Å²) in [7, 11) is 1.68. The maximum Gasteiger partial charge on any atom is 0.354 e. The molecule has 4 nitrogen and oxygen atoms in total. The van der Waals surface area contributed by atoms with Gasteiger partial charge >= 0.3 is 5.97 Å². The summed E-state index contributed by atoms with van der Waals surface area (Å²) in [6, 6.07) is 1.69. The van der Waals surface area contributed by atoms with E-state index < -0.39 is 5.97 Å². The van der Waals surface area contributed by atoms with Gasteiger partial charge < -0.3 is 5.11 Å². The van der Waals surface area contributed by atoms with Crippen LogP contribution in [-0.4, -0.2) is 20.9 Å². The Morgan fingerprint density at radius 3 is 2.81 bits per heavy atom. The first kappa shape index (κ1) is 11.2. The fourth-order valence-electron chi connectivity index (χ4n) is 2.50. The Balaban J connectivity index is 1.94. The number of nitrogens with zero attached hydrogens (tertiary/aromatic N) is 2. The zero-order chi connectivity index (χ0) is 11.5. The third-order valence-corrected chi connectivity index (χ3v) is 3.43. The lowest BCUT2D eigenvalue weighted by molar-refractivity contribution is 0.0685. The van der Waals surface area contributed by atoms with Crippen LogP contribution in [0.5, 0.6) is 0 Å². The number of carbonyl (C=O) groups is 1. The molecule has 0 bridgehead atoms. The maximum atomic E-state index is 10.8. The molecule has 1 aromatic heterocycles. The monoisotopic (exact) mass is 222 g/mol. The fraction of sp³-hybridized carbons (Fsp3) is 0.667. The first-order valence-corrected chi connectivity index (χ1v) is 5.93. The van der Waals surface area contributed by atoms with Crippen LogP contribution in [0.1, 0.15) is 48.3 Å². The molecule has 16 heavy (non-hydrogen) atoms. The highest BCUT2D eigenvalue weighted by atomic mass is 16.4. The third-order valence-electron chi connectivity index (χ3n) is 3.43. The molecule has 2 rings (SSSR count). The van der Waals surface area contributed by atoms with E-state index in [4.69, 9.17) is 5.11 Å². The summed E-state index contributed by atoms with van der Waals surface area (Å²) >= 11 is 0. The topological polar surface area (TPSA) is 55.1 Å². The molecule has 0 spiro atoms. The molecule has 1 aromatic rings. The van der Waals surface area contributed by atoms with Crippen LogP contribution >= 0.6 is 0 Å². The summed E-state index contributed by atoms with van der Waals surface area (Å²) < 4.78 is 1.45. The number of aryl methyl sites for hydroxylation is 2. The molecular weight excluding hydrogens is 204 g/mol. The van der Waals surface area contributed by atoms with E-state index in [9.17, 15) is 4.79 Å². The van der Waals surface area contributed by atoms with Gasteiger partial charge in [-0.1, -0.05) is 25.7 Å². The average Bonchev–Trinajstić information content (AvgIpc) is 2.83. The normalized spacial score (nSPS) is 16.8. The van der Waals surface area contributed by atoms with Crippen molar-refractivity contribution in [2.75, 3.05) is 0 Å². The molecule has 0 saturated heterocycles. The van der Waals surface area contributed by atoms with Gasteiger partial charge in [0.2, 0.25) is 0 Å². The lowest BCUT2D eigenvalue weighted by Crippen LogP contribution is -2.04. The summed E-state index contributed by atoms with van der Waals surface area (Å²) in [6.07, 6.45) is 7.43. The van der Waals surface area contributed by atoms with E-state index in [1.165, 1.54) is 30.4 Å². The van der Waals surface area contributed by atoms with Crippen molar-refractivity contribution >= 4 is 5.97 Å². The summed E-state index contributed by atoms with van der Waals surface area (Å²) in [6.45, 7) is 0. The second-order valence-corrected chi connectivity index (χ2v) is 4.64. The minimum Gasteiger partial charge on any atom is -0.477 e. The molecule has 1 aliphatic rings. The molecule has 1 N–H and O–H groups in total. The Kier molecular flexibility index (Phi) is 3.27. The number of hydrogen-bond acceptors (Lipinski definition) is 2. The summed E-state index contributed by atoms with van der Waals surface area (Å²) in [5.41, 5.74) is 1.19. The molecular formula is C12H18N2O2. The zero-order valence-electron chi connectivity index (χ0n) is 9.65. The van der Waals surface area contributed by atoms with Gasteiger partial charge in [-0.3, -0.25) is 4.68 Å². The van der Waals surface area contributed by atoms with Crippen molar-refractivity contribution in [1.82, 2.24) is 9.78 Å². The molecule has 1 aliphatic carbocycles. The number of aromatic carboxylic acids is 1. The Hall–Kier alpha value is -1.32. The Bertz CT molecular complexity index is 378. The molecule has 88 valence electrons. The van der Waals surface area contributed by atoms with Crippen LogP contribution in [0.3, 0.4) is 0 Å². The predicted octanol–water partition coefficient (Wildman–Crippen LogP) is 2.24. The van der Waals surface area contributed by atoms with E-state index in [-0.39, 0.29) is 5.69 Å². The van der Waals surface area contributed by atoms with Gasteiger partial charge in [-0.05, 0) is 24.8 Å². The van der Waals surface area contributed by atoms with E-state index in [0.29, 0.717) is 0 Å². The lowest BCUT2D eigenvalue weighted by Gasteiger charge is -2.05. The first-order chi connectivity index (χ1) is 7.66. The SMILES string of the molecule is Cn1nc(CCC2CCCC2)cc1C(=O)O. The Morgan fingerprint density at radius 2 is 2.25 bits per heavy atom. The summed E-state index contributed by atoms with van der Waals surface area (Å²) in [5.74, 6) is -0.0719. The van der Waals surface area contributed by atoms with Gasteiger partial charge in [0.05, 0.1) is 5.69 Å². The van der Waals surface area contributed by atoms with Gasteiger partial charge in [-0.2, -0.15) is 5.10 Å². The Labute approximate surface area is 95.3 Å². The van der Waals surface area contributed by atoms with Gasteiger partial charge in [-0.25, -0.2) is 4.79 Å². The predicted molar refractivity (Wildman–Crippen MR) is 60.4 cm³/mol. The standard InChI is InChI=1S/C12H18N2O2/c1-14-11(12(15)16)8-10(13-14)7-6-9-4-2-3-5-9/h8-9H,2-7H2,1H3,(H,15,16). The molecule has 0 unspecified atom stereocenters. The smallest absolute Gasteiger partial charge is 0.354 e. The van der Waals surface area contributed by atoms with Crippen molar-refractivity contribution in [3.05, 3.63) is 17.5 Å². The molecule has 0 aromatic carbocycles. The summed E-state index contributed by atoms with van der Waals surface area (Å²) in [4.78, 5) is 10.8. The molecule has 0 radical (unpaired) electrons. The van der Waals surface area contributed by atoms with Crippen molar-refractivity contribution in [3.8, 4) is 0 Å². The lowest BCUT2D eigenvalue weighted by atomic mass is 10.0. The van der Waals surface area contributed by atoms with Crippen LogP contribution in [0.4, 0.5) is 0 Å². The summed E-state index contributed by atoms with van der Waals surface area (Å²) in [5, 5.41) is 13.1. The fourth-order valence-corrected chi connectivity index (χ4v) is 2.50. The highest BCUT2D eigenvalue weighted by Gasteiger charge is 2.16. The van der Waals surface area contributed by atoms with Crippen molar-refractivity contribution in [2.45, 2.75) is 38.5 Å². The second-order valence-electron chi connectivity index (χ2n) is 4.64. The molecule has 1 saturated carbocycles. The largest absolute Gasteiger partial charge is 0.477 e. The second kappa shape index (κ2) is 4.68. The van der Waals surface area contributed by atoms with Gasteiger partial charge in [0.15, 0.2) is 0 Å². The molecule has 0 amide bonds. The van der Waals surface area contributed by atoms with Gasteiger partial charge in [0, 0.05) is 7.05 Å². The molecule has 0 atom stereocenters. The van der Waals surface area contributed by atoms with Gasteiger partial charge in [0.1, 0.15) is 5.69 Å². The minimum absolute atomic E-state index is 0.279. The van der Waals surface area contributed by atoms with Crippen LogP contribution in [-0.2, 0) is 13.5 Å². The van der Waals surface area contributed by atoms with E-state index in [1.807, 2.05) is 0 Å². The average molecular weight is 222 g/mol. The highest BCUT2D eigenvalue weighted by Crippen LogP contribution is 2.28. The van der Waals surface area contributed by atoms with E-state index >= 15 is 0 Å². The van der Waals surface area contributed by atoms with Crippen LogP contribution in [0, 0.1) is 5.92 Å². The van der Waals surface area contributed by atoms with Crippen LogP contribution in [0.2, 0.25) is 0 Å². The van der Waals surface area contributed by atoms with Gasteiger partial charge in [0.25, 0.3) is 0 Å². The third kappa shape index (κ3) is 2.43. The van der Waals surface area contributed by atoms with Gasteiger partial charge in [-0.15, -0.1) is 0 Å². The molecule has 1 fully saturated rings. The van der Waals surface area contributed by atoms with Crippen molar-refractivity contribution in [3.63, 3.8) is 0 Å². The molecule has 0 aliphatic heterocycles. The van der Waals surface area contributed by atoms with E-state index in [0.717, 1.165) is 24.5 Å². The van der Waals surface area contributed by atoms with Crippen molar-refractivity contribution < 1.29 is 9.90 Å². The number of hydrogen-bond donors (Lipinski definition) is 1. The quantitative estimate of drug-likeness (QED) is 0.850. The minimum atomic E-state index is -0.901. The van der Waals surface area contributed by atoms with E-state index in [2.05, 4.69) is 5.10 Å². The highest BCUT2D eigenvalue weighted by molar-refractivity contribution is 5.85. The number of rotatable bonds is 4. The van der Waals surface area contributed by atoms with Crippen LogP contribution in [0.25, 0.3) is 0 Å². The first-order valence-electron chi connectivity index (χ1n) is 5.93. The molecule has 1 heterocycles.